The maximum atomic E-state index is 11.9. The zero-order valence-electron chi connectivity index (χ0n) is 18.5. The normalized spacial score (nSPS) is 17.7. The fourth-order valence-corrected chi connectivity index (χ4v) is 2.67. The maximum Gasteiger partial charge on any atom is 0.494 e. The standard InChI is InChI=1S/C21H32BNO6/c1-19(2,3)27-17(24)11-12-23-18(25)26-14-15-9-8-10-16(13-15)22-28-20(4,5)21(6,7)29-22/h8-10,13H,11-12,14H2,1-7H3,(H,23,25). The van der Waals surface area contributed by atoms with Gasteiger partial charge in [0.1, 0.15) is 12.2 Å². The van der Waals surface area contributed by atoms with Gasteiger partial charge in [0, 0.05) is 6.54 Å². The summed E-state index contributed by atoms with van der Waals surface area (Å²) in [6.45, 7) is 13.7. The Kier molecular flexibility index (Phi) is 7.01. The van der Waals surface area contributed by atoms with Gasteiger partial charge in [-0.1, -0.05) is 24.3 Å². The van der Waals surface area contributed by atoms with E-state index in [2.05, 4.69) is 5.32 Å². The van der Waals surface area contributed by atoms with Gasteiger partial charge in [0.05, 0.1) is 17.6 Å². The number of esters is 1. The fraction of sp³-hybridized carbons (Fsp3) is 0.619. The largest absolute Gasteiger partial charge is 0.494 e. The minimum atomic E-state index is -0.588. The van der Waals surface area contributed by atoms with E-state index in [-0.39, 0.29) is 25.5 Å². The molecule has 0 spiro atoms. The van der Waals surface area contributed by atoms with E-state index in [1.165, 1.54) is 0 Å². The molecular weight excluding hydrogens is 373 g/mol. The molecule has 1 amide bonds. The number of carbonyl (C=O) groups is 2. The number of benzene rings is 1. The minimum Gasteiger partial charge on any atom is -0.460 e. The highest BCUT2D eigenvalue weighted by atomic mass is 16.7. The summed E-state index contributed by atoms with van der Waals surface area (Å²) < 4.78 is 22.5. The van der Waals surface area contributed by atoms with E-state index >= 15 is 0 Å². The summed E-state index contributed by atoms with van der Waals surface area (Å²) in [4.78, 5) is 23.5. The fourth-order valence-electron chi connectivity index (χ4n) is 2.67. The third kappa shape index (κ3) is 6.75. The third-order valence-electron chi connectivity index (χ3n) is 4.86. The number of hydrogen-bond acceptors (Lipinski definition) is 6. The van der Waals surface area contributed by atoms with Gasteiger partial charge < -0.3 is 24.1 Å². The Balaban J connectivity index is 1.81. The average molecular weight is 405 g/mol. The first-order chi connectivity index (χ1) is 13.3. The van der Waals surface area contributed by atoms with E-state index < -0.39 is 30.0 Å². The molecule has 1 aromatic rings. The van der Waals surface area contributed by atoms with E-state index in [9.17, 15) is 9.59 Å². The van der Waals surface area contributed by atoms with Crippen LogP contribution in [0.4, 0.5) is 4.79 Å². The van der Waals surface area contributed by atoms with E-state index in [4.69, 9.17) is 18.8 Å². The van der Waals surface area contributed by atoms with Crippen LogP contribution in [-0.4, -0.2) is 42.5 Å². The van der Waals surface area contributed by atoms with Crippen molar-refractivity contribution >= 4 is 24.6 Å². The lowest BCUT2D eigenvalue weighted by Crippen LogP contribution is -2.41. The molecule has 0 aromatic heterocycles. The molecule has 0 aliphatic carbocycles. The quantitative estimate of drug-likeness (QED) is 0.579. The summed E-state index contributed by atoms with van der Waals surface area (Å²) in [5.41, 5.74) is 0.311. The summed E-state index contributed by atoms with van der Waals surface area (Å²) in [5.74, 6) is -0.368. The number of alkyl carbamates (subject to hydrolysis) is 1. The molecule has 1 N–H and O–H groups in total. The molecule has 0 saturated carbocycles. The van der Waals surface area contributed by atoms with Crippen molar-refractivity contribution in [1.82, 2.24) is 5.32 Å². The van der Waals surface area contributed by atoms with Crippen LogP contribution < -0.4 is 10.8 Å². The van der Waals surface area contributed by atoms with Crippen molar-refractivity contribution in [1.29, 1.82) is 0 Å². The lowest BCUT2D eigenvalue weighted by atomic mass is 9.78. The van der Waals surface area contributed by atoms with Gasteiger partial charge in [0.2, 0.25) is 0 Å². The zero-order valence-corrected chi connectivity index (χ0v) is 18.5. The van der Waals surface area contributed by atoms with Crippen LogP contribution in [0.5, 0.6) is 0 Å². The van der Waals surface area contributed by atoms with Gasteiger partial charge in [-0.2, -0.15) is 0 Å². The van der Waals surface area contributed by atoms with Crippen LogP contribution in [-0.2, 0) is 30.2 Å². The molecule has 2 rings (SSSR count). The number of carbonyl (C=O) groups excluding carboxylic acids is 2. The summed E-state index contributed by atoms with van der Waals surface area (Å²) in [7, 11) is -0.470. The number of rotatable bonds is 6. The highest BCUT2D eigenvalue weighted by Gasteiger charge is 2.51. The van der Waals surface area contributed by atoms with E-state index in [0.29, 0.717) is 0 Å². The molecule has 8 heteroatoms. The van der Waals surface area contributed by atoms with Crippen molar-refractivity contribution in [2.24, 2.45) is 0 Å². The van der Waals surface area contributed by atoms with Gasteiger partial charge in [-0.3, -0.25) is 4.79 Å². The molecule has 0 radical (unpaired) electrons. The molecular formula is C21H32BNO6. The Morgan fingerprint density at radius 3 is 2.31 bits per heavy atom. The van der Waals surface area contributed by atoms with Gasteiger partial charge >= 0.3 is 19.2 Å². The predicted molar refractivity (Wildman–Crippen MR) is 111 cm³/mol. The highest BCUT2D eigenvalue weighted by molar-refractivity contribution is 6.62. The number of hydrogen-bond donors (Lipinski definition) is 1. The topological polar surface area (TPSA) is 83.1 Å². The van der Waals surface area contributed by atoms with Crippen molar-refractivity contribution in [2.75, 3.05) is 6.54 Å². The second-order valence-corrected chi connectivity index (χ2v) is 9.17. The molecule has 7 nitrogen and oxygen atoms in total. The third-order valence-corrected chi connectivity index (χ3v) is 4.86. The Bertz CT molecular complexity index is 725. The van der Waals surface area contributed by atoms with Crippen LogP contribution in [0.15, 0.2) is 24.3 Å². The summed E-state index contributed by atoms with van der Waals surface area (Å²) in [5, 5.41) is 2.55. The van der Waals surface area contributed by atoms with Gasteiger partial charge in [0.15, 0.2) is 0 Å². The van der Waals surface area contributed by atoms with Crippen LogP contribution in [0.1, 0.15) is 60.5 Å². The summed E-state index contributed by atoms with van der Waals surface area (Å²) in [6, 6.07) is 7.56. The van der Waals surface area contributed by atoms with Crippen LogP contribution in [0.3, 0.4) is 0 Å². The second kappa shape index (κ2) is 8.75. The Morgan fingerprint density at radius 1 is 1.10 bits per heavy atom. The highest BCUT2D eigenvalue weighted by Crippen LogP contribution is 2.36. The molecule has 1 aromatic carbocycles. The van der Waals surface area contributed by atoms with Gasteiger partial charge in [-0.05, 0) is 59.5 Å². The molecule has 29 heavy (non-hydrogen) atoms. The van der Waals surface area contributed by atoms with Crippen molar-refractivity contribution in [3.05, 3.63) is 29.8 Å². The molecule has 160 valence electrons. The smallest absolute Gasteiger partial charge is 0.460 e. The molecule has 1 aliphatic rings. The molecule has 0 bridgehead atoms. The van der Waals surface area contributed by atoms with E-state index in [1.54, 1.807) is 20.8 Å². The number of nitrogens with one attached hydrogen (secondary N) is 1. The Hall–Kier alpha value is -2.06. The van der Waals surface area contributed by atoms with E-state index in [0.717, 1.165) is 11.0 Å². The molecule has 1 fully saturated rings. The Morgan fingerprint density at radius 2 is 1.72 bits per heavy atom. The lowest BCUT2D eigenvalue weighted by molar-refractivity contribution is -0.154. The second-order valence-electron chi connectivity index (χ2n) is 9.17. The molecule has 0 atom stereocenters. The number of amides is 1. The van der Waals surface area contributed by atoms with Gasteiger partial charge in [-0.15, -0.1) is 0 Å². The lowest BCUT2D eigenvalue weighted by Gasteiger charge is -2.32. The Labute approximate surface area is 173 Å². The van der Waals surface area contributed by atoms with Crippen LogP contribution in [0, 0.1) is 0 Å². The van der Waals surface area contributed by atoms with Crippen LogP contribution >= 0.6 is 0 Å². The SMILES string of the molecule is CC(C)(C)OC(=O)CCNC(=O)OCc1cccc(B2OC(C)(C)C(C)(C)O2)c1. The summed E-state index contributed by atoms with van der Waals surface area (Å²) >= 11 is 0. The zero-order chi connectivity index (χ0) is 21.9. The molecule has 1 saturated heterocycles. The van der Waals surface area contributed by atoms with E-state index in [1.807, 2.05) is 52.0 Å². The molecule has 1 heterocycles. The summed E-state index contributed by atoms with van der Waals surface area (Å²) in [6.07, 6.45) is -0.501. The predicted octanol–water partition coefficient (Wildman–Crippen LogP) is 2.94. The van der Waals surface area contributed by atoms with Crippen molar-refractivity contribution < 1.29 is 28.4 Å². The van der Waals surface area contributed by atoms with Crippen LogP contribution in [0.25, 0.3) is 0 Å². The first-order valence-corrected chi connectivity index (χ1v) is 9.86. The molecule has 0 unspecified atom stereocenters. The molecule has 1 aliphatic heterocycles. The van der Waals surface area contributed by atoms with Gasteiger partial charge in [0.25, 0.3) is 0 Å². The van der Waals surface area contributed by atoms with Crippen molar-refractivity contribution in [3.63, 3.8) is 0 Å². The maximum absolute atomic E-state index is 11.9. The van der Waals surface area contributed by atoms with Crippen molar-refractivity contribution in [2.45, 2.75) is 78.3 Å². The first-order valence-electron chi connectivity index (χ1n) is 9.86. The monoisotopic (exact) mass is 405 g/mol. The van der Waals surface area contributed by atoms with Crippen LogP contribution in [0.2, 0.25) is 0 Å². The van der Waals surface area contributed by atoms with Gasteiger partial charge in [-0.25, -0.2) is 4.79 Å². The minimum absolute atomic E-state index is 0.0871. The van der Waals surface area contributed by atoms with Crippen molar-refractivity contribution in [3.8, 4) is 0 Å². The first kappa shape index (κ1) is 23.2. The average Bonchev–Trinajstić information content (AvgIpc) is 2.79. The number of ether oxygens (including phenoxy) is 2.